The maximum absolute atomic E-state index is 13.2. The molecule has 3 aromatic rings. The van der Waals surface area contributed by atoms with Gasteiger partial charge in [0.2, 0.25) is 0 Å². The van der Waals surface area contributed by atoms with Crippen molar-refractivity contribution in [1.82, 2.24) is 4.98 Å². The lowest BCUT2D eigenvalue weighted by molar-refractivity contribution is -0.160. The number of anilines is 1. The highest BCUT2D eigenvalue weighted by molar-refractivity contribution is 7.97. The molecule has 0 amide bonds. The number of ether oxygens (including phenoxy) is 2. The Morgan fingerprint density at radius 3 is 2.28 bits per heavy atom. The summed E-state index contributed by atoms with van der Waals surface area (Å²) in [6, 6.07) is 14.4. The standard InChI is InChI=1S/C35H45FN2O4S/c1-23-29(32(33(39)40)42-34(2,3)4)31(38-19-17-35(5,6)18-20-38)30(28(37-23)22-43-7)25-10-14-27(15-11-25)41-21-16-24-8-12-26(36)13-9-24/h8-15,32H,16-22H2,1-7H3,(H,39,40)/t32-/m0/s1. The van der Waals surface area contributed by atoms with Crippen LogP contribution in [-0.4, -0.2) is 47.6 Å². The van der Waals surface area contributed by atoms with Crippen LogP contribution in [0.4, 0.5) is 10.1 Å². The molecule has 2 aromatic carbocycles. The van der Waals surface area contributed by atoms with Crippen molar-refractivity contribution in [2.75, 3.05) is 30.9 Å². The van der Waals surface area contributed by atoms with E-state index >= 15 is 0 Å². The number of halogens is 1. The molecular weight excluding hydrogens is 563 g/mol. The second-order valence-corrected chi connectivity index (χ2v) is 13.9. The summed E-state index contributed by atoms with van der Waals surface area (Å²) in [6.07, 6.45) is 3.57. The Hall–Kier alpha value is -3.10. The quantitative estimate of drug-likeness (QED) is 0.235. The van der Waals surface area contributed by atoms with Crippen molar-refractivity contribution in [3.8, 4) is 16.9 Å². The second-order valence-electron chi connectivity index (χ2n) is 13.1. The van der Waals surface area contributed by atoms with Gasteiger partial charge in [0.05, 0.1) is 23.6 Å². The Bertz CT molecular complexity index is 1390. The van der Waals surface area contributed by atoms with Crippen molar-refractivity contribution >= 4 is 23.4 Å². The third-order valence-corrected chi connectivity index (χ3v) is 8.42. The number of nitrogens with zero attached hydrogens (tertiary/aromatic N) is 2. The number of carbonyl (C=O) groups is 1. The number of aryl methyl sites for hydroxylation is 1. The van der Waals surface area contributed by atoms with Crippen LogP contribution in [0.5, 0.6) is 5.75 Å². The molecule has 8 heteroatoms. The number of benzene rings is 2. The van der Waals surface area contributed by atoms with E-state index in [0.717, 1.165) is 59.8 Å². The van der Waals surface area contributed by atoms with Crippen LogP contribution < -0.4 is 9.64 Å². The Morgan fingerprint density at radius 2 is 1.72 bits per heavy atom. The van der Waals surface area contributed by atoms with Gasteiger partial charge in [-0.1, -0.05) is 38.1 Å². The molecular formula is C35H45FN2O4S. The predicted molar refractivity (Wildman–Crippen MR) is 174 cm³/mol. The van der Waals surface area contributed by atoms with Gasteiger partial charge in [-0.05, 0) is 87.6 Å². The Morgan fingerprint density at radius 1 is 1.09 bits per heavy atom. The van der Waals surface area contributed by atoms with Gasteiger partial charge in [0, 0.05) is 42.1 Å². The third kappa shape index (κ3) is 8.51. The molecule has 43 heavy (non-hydrogen) atoms. The summed E-state index contributed by atoms with van der Waals surface area (Å²) in [5.74, 6) is 0.156. The molecule has 0 aliphatic carbocycles. The van der Waals surface area contributed by atoms with Gasteiger partial charge in [-0.25, -0.2) is 9.18 Å². The molecule has 1 aromatic heterocycles. The number of carboxylic acid groups (broad SMARTS) is 1. The van der Waals surface area contributed by atoms with Crippen LogP contribution >= 0.6 is 11.8 Å². The molecule has 1 fully saturated rings. The lowest BCUT2D eigenvalue weighted by atomic mass is 9.82. The molecule has 6 nitrogen and oxygen atoms in total. The lowest BCUT2D eigenvalue weighted by Crippen LogP contribution is -2.39. The van der Waals surface area contributed by atoms with Crippen molar-refractivity contribution in [2.45, 2.75) is 78.3 Å². The first kappa shape index (κ1) is 32.8. The first-order chi connectivity index (χ1) is 20.3. The molecule has 1 aliphatic heterocycles. The van der Waals surface area contributed by atoms with E-state index in [1.165, 1.54) is 12.1 Å². The minimum Gasteiger partial charge on any atom is -0.493 e. The molecule has 0 spiro atoms. The van der Waals surface area contributed by atoms with Crippen LogP contribution in [0, 0.1) is 18.2 Å². The number of thioether (sulfide) groups is 1. The number of hydrogen-bond donors (Lipinski definition) is 1. The molecule has 232 valence electrons. The van der Waals surface area contributed by atoms with E-state index in [-0.39, 0.29) is 11.2 Å². The molecule has 0 bridgehead atoms. The van der Waals surface area contributed by atoms with E-state index < -0.39 is 17.7 Å². The fraction of sp³-hybridized carbons (Fsp3) is 0.486. The van der Waals surface area contributed by atoms with E-state index in [9.17, 15) is 14.3 Å². The minimum absolute atomic E-state index is 0.224. The minimum atomic E-state index is -1.16. The largest absolute Gasteiger partial charge is 0.493 e. The number of aliphatic carboxylic acids is 1. The van der Waals surface area contributed by atoms with Gasteiger partial charge in [-0.3, -0.25) is 4.98 Å². The predicted octanol–water partition coefficient (Wildman–Crippen LogP) is 8.25. The Kier molecular flexibility index (Phi) is 10.4. The zero-order valence-electron chi connectivity index (χ0n) is 26.5. The van der Waals surface area contributed by atoms with Crippen molar-refractivity contribution < 1.29 is 23.8 Å². The second kappa shape index (κ2) is 13.7. The number of hydrogen-bond acceptors (Lipinski definition) is 6. The highest BCUT2D eigenvalue weighted by atomic mass is 32.2. The van der Waals surface area contributed by atoms with E-state index in [4.69, 9.17) is 14.5 Å². The van der Waals surface area contributed by atoms with Gasteiger partial charge in [0.1, 0.15) is 11.6 Å². The SMILES string of the molecule is CSCc1nc(C)c([C@H](OC(C)(C)C)C(=O)O)c(N2CCC(C)(C)CC2)c1-c1ccc(OCCc2ccc(F)cc2)cc1. The van der Waals surface area contributed by atoms with Crippen LogP contribution in [0.3, 0.4) is 0 Å². The van der Waals surface area contributed by atoms with Crippen LogP contribution in [0.1, 0.15) is 76.1 Å². The fourth-order valence-electron chi connectivity index (χ4n) is 5.53. The van der Waals surface area contributed by atoms with Crippen molar-refractivity contribution in [3.05, 3.63) is 76.9 Å². The van der Waals surface area contributed by atoms with E-state index in [0.29, 0.717) is 30.0 Å². The monoisotopic (exact) mass is 608 g/mol. The van der Waals surface area contributed by atoms with Crippen molar-refractivity contribution in [3.63, 3.8) is 0 Å². The number of piperidine rings is 1. The van der Waals surface area contributed by atoms with E-state index in [1.807, 2.05) is 52.0 Å². The normalized spacial score (nSPS) is 15.8. The maximum atomic E-state index is 13.2. The summed E-state index contributed by atoms with van der Waals surface area (Å²) in [4.78, 5) is 20.2. The molecule has 1 aliphatic rings. The first-order valence-corrected chi connectivity index (χ1v) is 16.3. The zero-order chi connectivity index (χ0) is 31.4. The van der Waals surface area contributed by atoms with E-state index in [1.54, 1.807) is 23.9 Å². The zero-order valence-corrected chi connectivity index (χ0v) is 27.3. The third-order valence-electron chi connectivity index (χ3n) is 7.86. The molecule has 1 N–H and O–H groups in total. The molecule has 1 saturated heterocycles. The smallest absolute Gasteiger partial charge is 0.337 e. The highest BCUT2D eigenvalue weighted by Crippen LogP contribution is 2.45. The van der Waals surface area contributed by atoms with Crippen molar-refractivity contribution in [1.29, 1.82) is 0 Å². The average molecular weight is 609 g/mol. The Labute approximate surface area is 260 Å². The van der Waals surface area contributed by atoms with Crippen LogP contribution in [0.2, 0.25) is 0 Å². The summed E-state index contributed by atoms with van der Waals surface area (Å²) < 4.78 is 25.5. The molecule has 0 radical (unpaired) electrons. The van der Waals surface area contributed by atoms with E-state index in [2.05, 4.69) is 25.0 Å². The molecule has 2 heterocycles. The lowest BCUT2D eigenvalue weighted by Gasteiger charge is -2.41. The van der Waals surface area contributed by atoms with Gasteiger partial charge < -0.3 is 19.5 Å². The topological polar surface area (TPSA) is 71.9 Å². The summed E-state index contributed by atoms with van der Waals surface area (Å²) in [5.41, 5.74) is 5.64. The van der Waals surface area contributed by atoms with Crippen LogP contribution in [0.25, 0.3) is 11.1 Å². The van der Waals surface area contributed by atoms with Crippen molar-refractivity contribution in [2.24, 2.45) is 5.41 Å². The first-order valence-electron chi connectivity index (χ1n) is 14.9. The maximum Gasteiger partial charge on any atom is 0.337 e. The fourth-order valence-corrected chi connectivity index (χ4v) is 6.01. The van der Waals surface area contributed by atoms with Gasteiger partial charge in [0.15, 0.2) is 6.10 Å². The number of carboxylic acids is 1. The highest BCUT2D eigenvalue weighted by Gasteiger charge is 2.36. The van der Waals surface area contributed by atoms with Gasteiger partial charge in [0.25, 0.3) is 0 Å². The summed E-state index contributed by atoms with van der Waals surface area (Å²) in [5, 5.41) is 10.5. The number of aromatic nitrogens is 1. The molecule has 0 unspecified atom stereocenters. The van der Waals surface area contributed by atoms with Gasteiger partial charge >= 0.3 is 5.97 Å². The summed E-state index contributed by atoms with van der Waals surface area (Å²) in [7, 11) is 0. The molecule has 1 atom stereocenters. The van der Waals surface area contributed by atoms with Crippen LogP contribution in [0.15, 0.2) is 48.5 Å². The van der Waals surface area contributed by atoms with Crippen LogP contribution in [-0.2, 0) is 21.7 Å². The Balaban J connectivity index is 1.77. The number of pyridine rings is 1. The summed E-state index contributed by atoms with van der Waals surface area (Å²) >= 11 is 1.69. The summed E-state index contributed by atoms with van der Waals surface area (Å²) in [6.45, 7) is 14.2. The number of rotatable bonds is 11. The molecule has 0 saturated carbocycles. The van der Waals surface area contributed by atoms with Gasteiger partial charge in [-0.15, -0.1) is 0 Å². The molecule has 4 rings (SSSR count). The van der Waals surface area contributed by atoms with Gasteiger partial charge in [-0.2, -0.15) is 11.8 Å². The average Bonchev–Trinajstić information content (AvgIpc) is 2.93.